The maximum Gasteiger partial charge on any atom is 0.326 e. The van der Waals surface area contributed by atoms with E-state index >= 15 is 0 Å². The van der Waals surface area contributed by atoms with Gasteiger partial charge in [-0.25, -0.2) is 14.8 Å². The number of carboxylic acid groups (broad SMARTS) is 2. The van der Waals surface area contributed by atoms with Gasteiger partial charge in [0.05, 0.1) is 24.9 Å². The lowest BCUT2D eigenvalue weighted by molar-refractivity contribution is -0.139. The van der Waals surface area contributed by atoms with Crippen LogP contribution >= 0.6 is 0 Å². The van der Waals surface area contributed by atoms with Gasteiger partial charge in [-0.3, -0.25) is 24.2 Å². The van der Waals surface area contributed by atoms with Gasteiger partial charge >= 0.3 is 11.9 Å². The molecule has 15 nitrogen and oxygen atoms in total. The van der Waals surface area contributed by atoms with Gasteiger partial charge in [0.25, 0.3) is 11.5 Å². The number of nitrogens with zero attached hydrogens (tertiary/aromatic N) is 3. The van der Waals surface area contributed by atoms with Crippen LogP contribution in [-0.4, -0.2) is 66.0 Å². The molecule has 0 bridgehead atoms. The number of carbonyl (C=O) groups is 4. The zero-order chi connectivity index (χ0) is 27.8. The summed E-state index contributed by atoms with van der Waals surface area (Å²) < 4.78 is 0. The zero-order valence-electron chi connectivity index (χ0n) is 20.2. The van der Waals surface area contributed by atoms with Gasteiger partial charge in [0, 0.05) is 23.7 Å². The van der Waals surface area contributed by atoms with Crippen molar-refractivity contribution < 1.29 is 29.4 Å². The Hall–Kier alpha value is -5.08. The Bertz CT molecular complexity index is 1410. The molecule has 15 heteroatoms. The van der Waals surface area contributed by atoms with Crippen molar-refractivity contribution in [3.63, 3.8) is 0 Å². The Labute approximate surface area is 214 Å². The highest BCUT2D eigenvalue weighted by Gasteiger charge is 2.22. The summed E-state index contributed by atoms with van der Waals surface area (Å²) in [5.41, 5.74) is 6.43. The van der Waals surface area contributed by atoms with Gasteiger partial charge in [0.2, 0.25) is 11.9 Å². The lowest BCUT2D eigenvalue weighted by atomic mass is 10.1. The Balaban J connectivity index is 1.54. The molecular formula is C23H26N8O7. The van der Waals surface area contributed by atoms with Crippen molar-refractivity contribution in [3.05, 3.63) is 52.1 Å². The Kier molecular flexibility index (Phi) is 8.86. The van der Waals surface area contributed by atoms with Crippen molar-refractivity contribution in [1.29, 1.82) is 0 Å². The number of rotatable bonds is 12. The SMILES string of the molecule is CC(CC(=O)O)NC(=O)CCC(NC(=O)c1ccc(NCc2cnc3nc(N)[nH]c(=O)c3n2)cc1)C(=O)O. The van der Waals surface area contributed by atoms with Crippen LogP contribution in [0.2, 0.25) is 0 Å². The molecule has 0 saturated heterocycles. The maximum atomic E-state index is 12.5. The normalized spacial score (nSPS) is 12.3. The predicted octanol–water partition coefficient (Wildman–Crippen LogP) is -0.150. The van der Waals surface area contributed by atoms with Crippen molar-refractivity contribution >= 4 is 46.6 Å². The molecule has 2 aromatic heterocycles. The average molecular weight is 527 g/mol. The first-order chi connectivity index (χ1) is 18.0. The highest BCUT2D eigenvalue weighted by Crippen LogP contribution is 2.12. The van der Waals surface area contributed by atoms with E-state index in [1.807, 2.05) is 0 Å². The second-order valence-corrected chi connectivity index (χ2v) is 8.39. The third-order valence-electron chi connectivity index (χ3n) is 5.26. The molecule has 2 heterocycles. The predicted molar refractivity (Wildman–Crippen MR) is 134 cm³/mol. The summed E-state index contributed by atoms with van der Waals surface area (Å²) in [6.07, 6.45) is 0.793. The number of carboxylic acids is 2. The van der Waals surface area contributed by atoms with E-state index < -0.39 is 41.4 Å². The first-order valence-electron chi connectivity index (χ1n) is 11.4. The number of fused-ring (bicyclic) bond motifs is 1. The lowest BCUT2D eigenvalue weighted by Gasteiger charge is -2.16. The zero-order valence-corrected chi connectivity index (χ0v) is 20.2. The fraction of sp³-hybridized carbons (Fsp3) is 0.304. The van der Waals surface area contributed by atoms with Gasteiger partial charge in [0.1, 0.15) is 6.04 Å². The molecule has 2 atom stereocenters. The van der Waals surface area contributed by atoms with Gasteiger partial charge in [-0.15, -0.1) is 0 Å². The number of nitrogen functional groups attached to an aromatic ring is 1. The molecule has 2 unspecified atom stereocenters. The molecule has 3 aromatic rings. The van der Waals surface area contributed by atoms with E-state index in [1.54, 1.807) is 12.1 Å². The van der Waals surface area contributed by atoms with E-state index in [-0.39, 0.29) is 48.5 Å². The van der Waals surface area contributed by atoms with Crippen molar-refractivity contribution in [2.75, 3.05) is 11.1 Å². The molecule has 8 N–H and O–H groups in total. The van der Waals surface area contributed by atoms with E-state index in [2.05, 4.69) is 35.9 Å². The minimum Gasteiger partial charge on any atom is -0.481 e. The first kappa shape index (κ1) is 27.5. The average Bonchev–Trinajstić information content (AvgIpc) is 2.84. The van der Waals surface area contributed by atoms with E-state index in [4.69, 9.17) is 10.8 Å². The van der Waals surface area contributed by atoms with Gasteiger partial charge in [-0.05, 0) is 37.6 Å². The monoisotopic (exact) mass is 526 g/mol. The summed E-state index contributed by atoms with van der Waals surface area (Å²) >= 11 is 0. The number of amides is 2. The summed E-state index contributed by atoms with van der Waals surface area (Å²) in [5, 5.41) is 26.1. The molecule has 2 amide bonds. The van der Waals surface area contributed by atoms with Crippen molar-refractivity contribution in [3.8, 4) is 0 Å². The largest absolute Gasteiger partial charge is 0.481 e. The number of hydrogen-bond acceptors (Lipinski definition) is 10. The second-order valence-electron chi connectivity index (χ2n) is 8.39. The van der Waals surface area contributed by atoms with Crippen LogP contribution in [0.5, 0.6) is 0 Å². The number of anilines is 2. The lowest BCUT2D eigenvalue weighted by Crippen LogP contribution is -2.42. The Morgan fingerprint density at radius 2 is 1.79 bits per heavy atom. The number of nitrogens with two attached hydrogens (primary N) is 1. The van der Waals surface area contributed by atoms with Crippen LogP contribution in [0.4, 0.5) is 11.6 Å². The van der Waals surface area contributed by atoms with Crippen LogP contribution in [0, 0.1) is 0 Å². The molecule has 0 aliphatic rings. The molecule has 1 aromatic carbocycles. The highest BCUT2D eigenvalue weighted by atomic mass is 16.4. The fourth-order valence-corrected chi connectivity index (χ4v) is 3.42. The number of hydrogen-bond donors (Lipinski definition) is 7. The standard InChI is InChI=1S/C23H26N8O7/c1-11(8-17(33)34)27-16(32)7-6-15(22(37)38)29-20(35)12-2-4-13(5-3-12)25-9-14-10-26-19-18(28-14)21(36)31-23(24)30-19/h2-5,10-11,15,25H,6-9H2,1H3,(H,27,32)(H,29,35)(H,33,34)(H,37,38)(H3,24,26,30,31,36). The van der Waals surface area contributed by atoms with Crippen LogP contribution in [0.15, 0.2) is 35.3 Å². The Morgan fingerprint density at radius 1 is 1.08 bits per heavy atom. The summed E-state index contributed by atoms with van der Waals surface area (Å²) in [6.45, 7) is 1.73. The minimum absolute atomic E-state index is 0.0470. The maximum absolute atomic E-state index is 12.5. The Morgan fingerprint density at radius 3 is 2.45 bits per heavy atom. The van der Waals surface area contributed by atoms with Crippen molar-refractivity contribution in [2.24, 2.45) is 0 Å². The molecule has 0 spiro atoms. The number of nitrogens with one attached hydrogen (secondary N) is 4. The molecule has 0 radical (unpaired) electrons. The summed E-state index contributed by atoms with van der Waals surface area (Å²) in [6, 6.07) is 4.25. The molecule has 0 aliphatic carbocycles. The molecule has 0 saturated carbocycles. The fourth-order valence-electron chi connectivity index (χ4n) is 3.42. The van der Waals surface area contributed by atoms with E-state index in [9.17, 15) is 29.1 Å². The van der Waals surface area contributed by atoms with Crippen molar-refractivity contribution in [2.45, 2.75) is 44.8 Å². The molecule has 3 rings (SSSR count). The number of aromatic nitrogens is 4. The van der Waals surface area contributed by atoms with Gasteiger partial charge in [0.15, 0.2) is 11.2 Å². The van der Waals surface area contributed by atoms with Gasteiger partial charge in [-0.2, -0.15) is 4.98 Å². The number of H-pyrrole nitrogens is 1. The van der Waals surface area contributed by atoms with Crippen LogP contribution in [-0.2, 0) is 20.9 Å². The smallest absolute Gasteiger partial charge is 0.326 e. The molecule has 38 heavy (non-hydrogen) atoms. The number of carbonyl (C=O) groups excluding carboxylic acids is 2. The van der Waals surface area contributed by atoms with Crippen LogP contribution in [0.1, 0.15) is 42.2 Å². The highest BCUT2D eigenvalue weighted by molar-refractivity contribution is 5.97. The summed E-state index contributed by atoms with van der Waals surface area (Å²) in [4.78, 5) is 73.3. The second kappa shape index (κ2) is 12.2. The third-order valence-corrected chi connectivity index (χ3v) is 5.26. The molecule has 200 valence electrons. The number of aromatic amines is 1. The van der Waals surface area contributed by atoms with E-state index in [1.165, 1.54) is 25.3 Å². The molecule has 0 fully saturated rings. The van der Waals surface area contributed by atoms with Crippen LogP contribution in [0.25, 0.3) is 11.2 Å². The third kappa shape index (κ3) is 7.71. The summed E-state index contributed by atoms with van der Waals surface area (Å²) in [5.74, 6) is -3.60. The number of benzene rings is 1. The minimum atomic E-state index is -1.32. The quantitative estimate of drug-likeness (QED) is 0.163. The van der Waals surface area contributed by atoms with Crippen LogP contribution in [0.3, 0.4) is 0 Å². The topological polar surface area (TPSA) is 242 Å². The molecule has 0 aliphatic heterocycles. The van der Waals surface area contributed by atoms with Gasteiger partial charge < -0.3 is 31.9 Å². The summed E-state index contributed by atoms with van der Waals surface area (Å²) in [7, 11) is 0. The molecular weight excluding hydrogens is 500 g/mol. The van der Waals surface area contributed by atoms with Gasteiger partial charge in [-0.1, -0.05) is 0 Å². The van der Waals surface area contributed by atoms with Crippen molar-refractivity contribution in [1.82, 2.24) is 30.6 Å². The first-order valence-corrected chi connectivity index (χ1v) is 11.4. The van der Waals surface area contributed by atoms with Crippen LogP contribution < -0.4 is 27.2 Å². The van der Waals surface area contributed by atoms with E-state index in [0.29, 0.717) is 11.4 Å². The number of aliphatic carboxylic acids is 2. The van der Waals surface area contributed by atoms with E-state index in [0.717, 1.165) is 0 Å².